The van der Waals surface area contributed by atoms with Crippen molar-refractivity contribution in [2.24, 2.45) is 0 Å². The van der Waals surface area contributed by atoms with E-state index >= 15 is 0 Å². The van der Waals surface area contributed by atoms with Crippen molar-refractivity contribution in [3.8, 4) is 0 Å². The van der Waals surface area contributed by atoms with Crippen molar-refractivity contribution in [2.75, 3.05) is 0 Å². The second kappa shape index (κ2) is 3.30. The van der Waals surface area contributed by atoms with Crippen LogP contribution >= 0.6 is 12.6 Å². The second-order valence-corrected chi connectivity index (χ2v) is 5.72. The summed E-state index contributed by atoms with van der Waals surface area (Å²) in [5.41, 5.74) is 4.67. The van der Waals surface area contributed by atoms with Gasteiger partial charge < -0.3 is 0 Å². The van der Waals surface area contributed by atoms with Crippen LogP contribution in [0, 0.1) is 0 Å². The largest absolute Gasteiger partial charge is 0.143 e. The molecule has 1 heteroatoms. The van der Waals surface area contributed by atoms with E-state index in [1.165, 1.54) is 30.4 Å². The molecule has 14 heavy (non-hydrogen) atoms. The molecule has 1 aromatic carbocycles. The van der Waals surface area contributed by atoms with Crippen LogP contribution in [0.25, 0.3) is 0 Å². The Morgan fingerprint density at radius 2 is 1.64 bits per heavy atom. The highest BCUT2D eigenvalue weighted by molar-refractivity contribution is 7.80. The van der Waals surface area contributed by atoms with Crippen molar-refractivity contribution in [1.29, 1.82) is 0 Å². The lowest BCUT2D eigenvalue weighted by Crippen LogP contribution is -2.12. The molecule has 0 atom stereocenters. The van der Waals surface area contributed by atoms with Crippen LogP contribution in [0.4, 0.5) is 0 Å². The Morgan fingerprint density at radius 3 is 2.21 bits per heavy atom. The highest BCUT2D eigenvalue weighted by atomic mass is 32.1. The number of hydrogen-bond acceptors (Lipinski definition) is 1. The summed E-state index contributed by atoms with van der Waals surface area (Å²) < 4.78 is 0. The van der Waals surface area contributed by atoms with E-state index in [1.54, 1.807) is 5.56 Å². The lowest BCUT2D eigenvalue weighted by Gasteiger charge is -2.22. The summed E-state index contributed by atoms with van der Waals surface area (Å²) in [5.74, 6) is 0. The van der Waals surface area contributed by atoms with Crippen LogP contribution in [0.2, 0.25) is 0 Å². The first-order valence-corrected chi connectivity index (χ1v) is 5.78. The molecule has 0 unspecified atom stereocenters. The Balaban J connectivity index is 2.53. The number of rotatable bonds is 0. The van der Waals surface area contributed by atoms with Gasteiger partial charge in [0.1, 0.15) is 0 Å². The third kappa shape index (κ3) is 1.70. The molecule has 0 saturated carbocycles. The smallest absolute Gasteiger partial charge is 0.00803 e. The predicted octanol–water partition coefficient (Wildman–Crippen LogP) is 3.76. The van der Waals surface area contributed by atoms with Crippen LogP contribution in [0.1, 0.15) is 43.9 Å². The molecule has 0 aliphatic heterocycles. The van der Waals surface area contributed by atoms with Crippen molar-refractivity contribution >= 4 is 12.6 Å². The summed E-state index contributed by atoms with van der Waals surface area (Å²) in [5, 5.41) is 0. The first kappa shape index (κ1) is 10.1. The monoisotopic (exact) mass is 206 g/mol. The molecule has 0 nitrogen and oxygen atoms in total. The van der Waals surface area contributed by atoms with Crippen molar-refractivity contribution < 1.29 is 0 Å². The summed E-state index contributed by atoms with van der Waals surface area (Å²) in [6.45, 7) is 6.76. The first-order chi connectivity index (χ1) is 6.48. The topological polar surface area (TPSA) is 0 Å². The average molecular weight is 206 g/mol. The van der Waals surface area contributed by atoms with Crippen LogP contribution in [0.15, 0.2) is 17.0 Å². The van der Waals surface area contributed by atoms with Gasteiger partial charge in [0.25, 0.3) is 0 Å². The fourth-order valence-corrected chi connectivity index (χ4v) is 2.77. The maximum atomic E-state index is 4.59. The molecule has 0 aromatic heterocycles. The Labute approximate surface area is 92.1 Å². The predicted molar refractivity (Wildman–Crippen MR) is 64.4 cm³/mol. The minimum atomic E-state index is 0.217. The van der Waals surface area contributed by atoms with E-state index in [2.05, 4.69) is 45.5 Å². The number of fused-ring (bicyclic) bond motifs is 1. The molecule has 0 saturated heterocycles. The van der Waals surface area contributed by atoms with Crippen LogP contribution < -0.4 is 0 Å². The maximum absolute atomic E-state index is 4.59. The van der Waals surface area contributed by atoms with Crippen LogP contribution in [-0.2, 0) is 18.3 Å². The van der Waals surface area contributed by atoms with Crippen LogP contribution in [-0.4, -0.2) is 0 Å². The molecule has 0 heterocycles. The lowest BCUT2D eigenvalue weighted by atomic mass is 9.85. The number of aryl methyl sites for hydroxylation is 2. The summed E-state index contributed by atoms with van der Waals surface area (Å²) in [6.07, 6.45) is 3.82. The van der Waals surface area contributed by atoms with Gasteiger partial charge in [0, 0.05) is 4.90 Å². The Morgan fingerprint density at radius 1 is 1.07 bits per heavy atom. The standard InChI is InChI=1S/C13H18S/c1-13(2,3)11-7-9-5-4-6-10(9)8-12(11)14/h7-8,14H,4-6H2,1-3H3. The third-order valence-electron chi connectivity index (χ3n) is 3.02. The van der Waals surface area contributed by atoms with E-state index in [0.29, 0.717) is 0 Å². The summed E-state index contributed by atoms with van der Waals surface area (Å²) in [6, 6.07) is 4.64. The summed E-state index contributed by atoms with van der Waals surface area (Å²) >= 11 is 4.59. The molecular weight excluding hydrogens is 188 g/mol. The fraction of sp³-hybridized carbons (Fsp3) is 0.538. The van der Waals surface area contributed by atoms with Gasteiger partial charge in [0.05, 0.1) is 0 Å². The molecule has 0 amide bonds. The highest BCUT2D eigenvalue weighted by Crippen LogP contribution is 2.33. The van der Waals surface area contributed by atoms with E-state index in [0.717, 1.165) is 4.90 Å². The van der Waals surface area contributed by atoms with Crippen molar-refractivity contribution in [1.82, 2.24) is 0 Å². The molecule has 1 aliphatic rings. The van der Waals surface area contributed by atoms with E-state index in [4.69, 9.17) is 0 Å². The van der Waals surface area contributed by atoms with Crippen LogP contribution in [0.3, 0.4) is 0 Å². The second-order valence-electron chi connectivity index (χ2n) is 5.24. The van der Waals surface area contributed by atoms with E-state index in [-0.39, 0.29) is 5.41 Å². The highest BCUT2D eigenvalue weighted by Gasteiger charge is 2.20. The lowest BCUT2D eigenvalue weighted by molar-refractivity contribution is 0.577. The third-order valence-corrected chi connectivity index (χ3v) is 3.39. The minimum Gasteiger partial charge on any atom is -0.143 e. The van der Waals surface area contributed by atoms with Crippen molar-refractivity contribution in [3.63, 3.8) is 0 Å². The Kier molecular flexibility index (Phi) is 2.38. The van der Waals surface area contributed by atoms with Gasteiger partial charge in [-0.1, -0.05) is 26.8 Å². The zero-order chi connectivity index (χ0) is 10.3. The van der Waals surface area contributed by atoms with Gasteiger partial charge in [0.15, 0.2) is 0 Å². The van der Waals surface area contributed by atoms with Gasteiger partial charge >= 0.3 is 0 Å². The summed E-state index contributed by atoms with van der Waals surface area (Å²) in [4.78, 5) is 1.16. The molecule has 76 valence electrons. The zero-order valence-corrected chi connectivity index (χ0v) is 10.1. The first-order valence-electron chi connectivity index (χ1n) is 5.34. The molecular formula is C13H18S. The number of hydrogen-bond donors (Lipinski definition) is 1. The Hall–Kier alpha value is -0.430. The van der Waals surface area contributed by atoms with Crippen molar-refractivity contribution in [3.05, 3.63) is 28.8 Å². The molecule has 1 aromatic rings. The van der Waals surface area contributed by atoms with E-state index in [9.17, 15) is 0 Å². The molecule has 2 rings (SSSR count). The molecule has 0 N–H and O–H groups in total. The molecule has 1 aliphatic carbocycles. The van der Waals surface area contributed by atoms with Crippen molar-refractivity contribution in [2.45, 2.75) is 50.3 Å². The van der Waals surface area contributed by atoms with Crippen LogP contribution in [0.5, 0.6) is 0 Å². The van der Waals surface area contributed by atoms with Gasteiger partial charge in [-0.3, -0.25) is 0 Å². The molecule has 0 fully saturated rings. The van der Waals surface area contributed by atoms with Gasteiger partial charge in [0.2, 0.25) is 0 Å². The summed E-state index contributed by atoms with van der Waals surface area (Å²) in [7, 11) is 0. The maximum Gasteiger partial charge on any atom is 0.00803 e. The van der Waals surface area contributed by atoms with E-state index in [1.807, 2.05) is 0 Å². The average Bonchev–Trinajstić information content (AvgIpc) is 2.47. The quantitative estimate of drug-likeness (QED) is 0.614. The van der Waals surface area contributed by atoms with Gasteiger partial charge in [-0.05, 0) is 47.4 Å². The zero-order valence-electron chi connectivity index (χ0n) is 9.22. The minimum absolute atomic E-state index is 0.217. The fourth-order valence-electron chi connectivity index (χ4n) is 2.21. The van der Waals surface area contributed by atoms with Gasteiger partial charge in [-0.2, -0.15) is 0 Å². The number of benzene rings is 1. The molecule has 0 radical (unpaired) electrons. The van der Waals surface area contributed by atoms with Gasteiger partial charge in [-0.15, -0.1) is 12.6 Å². The normalized spacial score (nSPS) is 15.7. The van der Waals surface area contributed by atoms with Gasteiger partial charge in [-0.25, -0.2) is 0 Å². The van der Waals surface area contributed by atoms with E-state index < -0.39 is 0 Å². The molecule has 0 bridgehead atoms. The molecule has 0 spiro atoms. The number of thiol groups is 1. The Bertz CT molecular complexity index is 358. The SMILES string of the molecule is CC(C)(C)c1cc2c(cc1S)CCC2.